The van der Waals surface area contributed by atoms with Crippen molar-refractivity contribution >= 4 is 21.6 Å². The number of hydrogen-bond acceptors (Lipinski definition) is 5. The lowest BCUT2D eigenvalue weighted by atomic mass is 10.00. The van der Waals surface area contributed by atoms with E-state index in [-0.39, 0.29) is 23.8 Å². The summed E-state index contributed by atoms with van der Waals surface area (Å²) >= 11 is 0. The summed E-state index contributed by atoms with van der Waals surface area (Å²) in [6, 6.07) is 26.8. The van der Waals surface area contributed by atoms with Gasteiger partial charge in [0.05, 0.1) is 30.3 Å². The van der Waals surface area contributed by atoms with Gasteiger partial charge in [-0.15, -0.1) is 0 Å². The summed E-state index contributed by atoms with van der Waals surface area (Å²) in [5.41, 5.74) is 3.20. The first-order valence-corrected chi connectivity index (χ1v) is 14.3. The highest BCUT2D eigenvalue weighted by molar-refractivity contribution is 7.92. The number of ether oxygens (including phenoxy) is 1. The van der Waals surface area contributed by atoms with Crippen molar-refractivity contribution in [1.82, 2.24) is 10.2 Å². The third kappa shape index (κ3) is 7.19. The molecule has 3 aromatic rings. The van der Waals surface area contributed by atoms with Crippen LogP contribution in [0.1, 0.15) is 34.8 Å². The third-order valence-electron chi connectivity index (χ3n) is 6.57. The van der Waals surface area contributed by atoms with Gasteiger partial charge in [0.2, 0.25) is 10.0 Å². The molecule has 7 nitrogen and oxygen atoms in total. The van der Waals surface area contributed by atoms with Gasteiger partial charge in [-0.05, 0) is 42.2 Å². The smallest absolute Gasteiger partial charge is 0.251 e. The fraction of sp³-hybridized carbons (Fsp3) is 0.345. The van der Waals surface area contributed by atoms with Crippen molar-refractivity contribution < 1.29 is 17.9 Å². The Labute approximate surface area is 220 Å². The lowest BCUT2D eigenvalue weighted by Crippen LogP contribution is -2.46. The molecule has 0 radical (unpaired) electrons. The molecule has 1 fully saturated rings. The van der Waals surface area contributed by atoms with E-state index in [9.17, 15) is 13.2 Å². The van der Waals surface area contributed by atoms with Crippen LogP contribution in [0.25, 0.3) is 0 Å². The van der Waals surface area contributed by atoms with E-state index in [1.165, 1.54) is 16.9 Å². The topological polar surface area (TPSA) is 79.0 Å². The molecular weight excluding hydrogens is 486 g/mol. The van der Waals surface area contributed by atoms with Crippen LogP contribution in [0.15, 0.2) is 84.9 Å². The molecule has 37 heavy (non-hydrogen) atoms. The van der Waals surface area contributed by atoms with Crippen LogP contribution in [0.4, 0.5) is 5.69 Å². The Morgan fingerprint density at radius 1 is 1.03 bits per heavy atom. The highest BCUT2D eigenvalue weighted by atomic mass is 32.2. The Morgan fingerprint density at radius 2 is 1.70 bits per heavy atom. The molecule has 0 aliphatic carbocycles. The Bertz CT molecular complexity index is 1270. The number of anilines is 1. The van der Waals surface area contributed by atoms with E-state index in [2.05, 4.69) is 22.3 Å². The van der Waals surface area contributed by atoms with Crippen molar-refractivity contribution in [2.24, 2.45) is 0 Å². The van der Waals surface area contributed by atoms with Crippen LogP contribution >= 0.6 is 0 Å². The number of benzene rings is 3. The van der Waals surface area contributed by atoms with Crippen LogP contribution in [0.2, 0.25) is 0 Å². The standard InChI is InChI=1S/C29H35N3O4S/c1-3-17-37(34,35)31(2)26-16-10-15-25(19-26)29(33)30-27(18-23-11-6-4-7-12-23)28-21-32(22-36-28)20-24-13-8-5-9-14-24/h4-16,19,27-28H,3,17-18,20-22H2,1-2H3,(H,30,33)/t27-,28+/m0/s1. The molecule has 4 rings (SSSR count). The van der Waals surface area contributed by atoms with E-state index in [4.69, 9.17) is 4.74 Å². The van der Waals surface area contributed by atoms with Crippen LogP contribution in [-0.2, 0) is 27.7 Å². The number of rotatable bonds is 11. The SMILES string of the molecule is CCCS(=O)(=O)N(C)c1cccc(C(=O)N[C@@H](Cc2ccccc2)[C@H]2CN(Cc3ccccc3)CO2)c1. The molecule has 1 N–H and O–H groups in total. The molecule has 1 amide bonds. The molecule has 0 unspecified atom stereocenters. The van der Waals surface area contributed by atoms with E-state index >= 15 is 0 Å². The summed E-state index contributed by atoms with van der Waals surface area (Å²) in [5, 5.41) is 3.18. The molecule has 0 aromatic heterocycles. The van der Waals surface area contributed by atoms with Gasteiger partial charge in [0, 0.05) is 25.7 Å². The van der Waals surface area contributed by atoms with Gasteiger partial charge in [0.25, 0.3) is 5.91 Å². The molecule has 196 valence electrons. The predicted molar refractivity (Wildman–Crippen MR) is 147 cm³/mol. The minimum Gasteiger partial charge on any atom is -0.359 e. The highest BCUT2D eigenvalue weighted by Crippen LogP contribution is 2.21. The zero-order valence-electron chi connectivity index (χ0n) is 21.4. The molecule has 0 spiro atoms. The van der Waals surface area contributed by atoms with E-state index in [0.717, 1.165) is 12.1 Å². The summed E-state index contributed by atoms with van der Waals surface area (Å²) in [4.78, 5) is 15.6. The van der Waals surface area contributed by atoms with E-state index in [1.807, 2.05) is 55.5 Å². The number of carbonyl (C=O) groups is 1. The van der Waals surface area contributed by atoms with Gasteiger partial charge in [-0.1, -0.05) is 73.7 Å². The first-order valence-electron chi connectivity index (χ1n) is 12.6. The molecule has 0 saturated carbocycles. The van der Waals surface area contributed by atoms with Crippen molar-refractivity contribution in [3.63, 3.8) is 0 Å². The first kappa shape index (κ1) is 26.9. The second-order valence-electron chi connectivity index (χ2n) is 9.43. The zero-order valence-corrected chi connectivity index (χ0v) is 22.2. The monoisotopic (exact) mass is 521 g/mol. The molecule has 1 aliphatic rings. The van der Waals surface area contributed by atoms with Crippen LogP contribution < -0.4 is 9.62 Å². The maximum absolute atomic E-state index is 13.4. The molecule has 1 heterocycles. The van der Waals surface area contributed by atoms with Gasteiger partial charge >= 0.3 is 0 Å². The van der Waals surface area contributed by atoms with Crippen molar-refractivity contribution in [3.8, 4) is 0 Å². The lowest BCUT2D eigenvalue weighted by molar-refractivity contribution is 0.0599. The van der Waals surface area contributed by atoms with Crippen molar-refractivity contribution in [2.75, 3.05) is 30.4 Å². The molecule has 0 bridgehead atoms. The second-order valence-corrected chi connectivity index (χ2v) is 11.6. The molecule has 1 aliphatic heterocycles. The van der Waals surface area contributed by atoms with E-state index in [0.29, 0.717) is 37.4 Å². The van der Waals surface area contributed by atoms with Crippen LogP contribution in [0.5, 0.6) is 0 Å². The third-order valence-corrected chi connectivity index (χ3v) is 8.54. The Hall–Kier alpha value is -3.20. The summed E-state index contributed by atoms with van der Waals surface area (Å²) in [6.07, 6.45) is 0.973. The number of sulfonamides is 1. The Morgan fingerprint density at radius 3 is 2.38 bits per heavy atom. The zero-order chi connectivity index (χ0) is 26.3. The molecule has 3 aromatic carbocycles. The van der Waals surface area contributed by atoms with Crippen molar-refractivity contribution in [3.05, 3.63) is 102 Å². The number of carbonyl (C=O) groups excluding carboxylic acids is 1. The number of hydrogen-bond donors (Lipinski definition) is 1. The largest absolute Gasteiger partial charge is 0.359 e. The summed E-state index contributed by atoms with van der Waals surface area (Å²) < 4.78 is 32.5. The lowest BCUT2D eigenvalue weighted by Gasteiger charge is -2.25. The summed E-state index contributed by atoms with van der Waals surface area (Å²) in [5.74, 6) is -0.202. The molecule has 2 atom stereocenters. The van der Waals surface area contributed by atoms with Gasteiger partial charge in [-0.3, -0.25) is 14.0 Å². The maximum Gasteiger partial charge on any atom is 0.251 e. The number of nitrogens with zero attached hydrogens (tertiary/aromatic N) is 2. The minimum atomic E-state index is -3.44. The Balaban J connectivity index is 1.49. The van der Waals surface area contributed by atoms with Gasteiger partial charge in [0.1, 0.15) is 0 Å². The molecular formula is C29H35N3O4S. The van der Waals surface area contributed by atoms with E-state index in [1.54, 1.807) is 24.3 Å². The van der Waals surface area contributed by atoms with Crippen LogP contribution in [0.3, 0.4) is 0 Å². The predicted octanol–water partition coefficient (Wildman–Crippen LogP) is 4.06. The van der Waals surface area contributed by atoms with Crippen molar-refractivity contribution in [2.45, 2.75) is 38.5 Å². The normalized spacial score (nSPS) is 16.9. The average molecular weight is 522 g/mol. The van der Waals surface area contributed by atoms with Crippen LogP contribution in [0, 0.1) is 0 Å². The maximum atomic E-state index is 13.4. The fourth-order valence-corrected chi connectivity index (χ4v) is 5.77. The summed E-state index contributed by atoms with van der Waals surface area (Å²) in [7, 11) is -1.92. The average Bonchev–Trinajstić information content (AvgIpc) is 3.37. The van der Waals surface area contributed by atoms with E-state index < -0.39 is 10.0 Å². The fourth-order valence-electron chi connectivity index (χ4n) is 4.55. The van der Waals surface area contributed by atoms with Gasteiger partial charge in [0.15, 0.2) is 0 Å². The van der Waals surface area contributed by atoms with Crippen molar-refractivity contribution in [1.29, 1.82) is 0 Å². The quantitative estimate of drug-likeness (QED) is 0.412. The highest BCUT2D eigenvalue weighted by Gasteiger charge is 2.32. The molecule has 1 saturated heterocycles. The Kier molecular flexibility index (Phi) is 8.97. The van der Waals surface area contributed by atoms with Gasteiger partial charge < -0.3 is 10.1 Å². The minimum absolute atomic E-state index is 0.0531. The second kappa shape index (κ2) is 12.4. The number of nitrogens with one attached hydrogen (secondary N) is 1. The van der Waals surface area contributed by atoms with Crippen LogP contribution in [-0.4, -0.2) is 57.4 Å². The summed E-state index contributed by atoms with van der Waals surface area (Å²) in [6.45, 7) is 3.80. The first-order chi connectivity index (χ1) is 17.9. The molecule has 8 heteroatoms. The van der Waals surface area contributed by atoms with Gasteiger partial charge in [-0.2, -0.15) is 0 Å². The van der Waals surface area contributed by atoms with Gasteiger partial charge in [-0.25, -0.2) is 8.42 Å². The number of amides is 1.